The van der Waals surface area contributed by atoms with Crippen LogP contribution in [0.25, 0.3) is 11.1 Å². The fourth-order valence-corrected chi connectivity index (χ4v) is 4.38. The summed E-state index contributed by atoms with van der Waals surface area (Å²) in [4.78, 5) is 4.65. The number of benzene rings is 2. The number of halogens is 1. The van der Waals surface area contributed by atoms with Gasteiger partial charge in [0.2, 0.25) is 0 Å². The number of anilines is 1. The highest BCUT2D eigenvalue weighted by Crippen LogP contribution is 2.41. The van der Waals surface area contributed by atoms with Crippen molar-refractivity contribution < 1.29 is 24.1 Å². The molecule has 1 saturated heterocycles. The molecule has 4 atom stereocenters. The molecule has 3 N–H and O–H groups in total. The molecule has 8 nitrogen and oxygen atoms in total. The Bertz CT molecular complexity index is 1200. The number of nitrogens with zero attached hydrogens (tertiary/aromatic N) is 3. The molecule has 2 aliphatic rings. The van der Waals surface area contributed by atoms with Gasteiger partial charge in [0.25, 0.3) is 0 Å². The van der Waals surface area contributed by atoms with E-state index in [2.05, 4.69) is 10.4 Å². The van der Waals surface area contributed by atoms with Gasteiger partial charge < -0.3 is 24.3 Å². The molecular weight excluding hydrogens is 439 g/mol. The first kappa shape index (κ1) is 22.4. The molecule has 2 aliphatic heterocycles. The Morgan fingerprint density at radius 2 is 1.97 bits per heavy atom. The maximum atomic E-state index is 14.0. The van der Waals surface area contributed by atoms with E-state index in [1.807, 2.05) is 36.5 Å². The van der Waals surface area contributed by atoms with E-state index >= 15 is 0 Å². The van der Waals surface area contributed by atoms with Crippen LogP contribution in [0, 0.1) is 5.82 Å². The fraction of sp³-hybridized carbons (Fsp3) is 0.320. The third-order valence-electron chi connectivity index (χ3n) is 6.10. The molecule has 0 aliphatic carbocycles. The number of aliphatic imine (C=N–C) groups is 1. The number of fused-ring (bicyclic) bond motifs is 1. The van der Waals surface area contributed by atoms with E-state index < -0.39 is 30.4 Å². The van der Waals surface area contributed by atoms with Gasteiger partial charge in [0.15, 0.2) is 17.8 Å². The van der Waals surface area contributed by atoms with E-state index in [0.29, 0.717) is 24.7 Å². The summed E-state index contributed by atoms with van der Waals surface area (Å²) in [5.41, 5.74) is 6.76. The standard InChI is InChI=1S/C25H27FN4O4/c1-3-33-21-11-17(9-10-20(21)26)28-29-12-19-18(16-7-5-4-6-8-16)13-30(24(19)27-14-29)25-23(32)22(31)15(2)34-25/h4-11,13-15,22-23,25,28,31-32H,3,12H2,1-2H3/t15-,22-,23-,25-/m1/s1. The Balaban J connectivity index is 1.48. The smallest absolute Gasteiger partial charge is 0.165 e. The molecule has 1 aromatic heterocycles. The summed E-state index contributed by atoms with van der Waals surface area (Å²) < 4.78 is 27.0. The van der Waals surface area contributed by atoms with Crippen LogP contribution in [0.15, 0.2) is 59.7 Å². The van der Waals surface area contributed by atoms with Gasteiger partial charge in [0.05, 0.1) is 24.9 Å². The van der Waals surface area contributed by atoms with Crippen molar-refractivity contribution >= 4 is 17.8 Å². The summed E-state index contributed by atoms with van der Waals surface area (Å²) in [6, 6.07) is 14.5. The molecule has 3 heterocycles. The Labute approximate surface area is 196 Å². The molecule has 178 valence electrons. The summed E-state index contributed by atoms with van der Waals surface area (Å²) in [6.45, 7) is 4.36. The summed E-state index contributed by atoms with van der Waals surface area (Å²) >= 11 is 0. The van der Waals surface area contributed by atoms with Gasteiger partial charge >= 0.3 is 0 Å². The Hall–Kier alpha value is -3.40. The highest BCUT2D eigenvalue weighted by molar-refractivity contribution is 5.77. The van der Waals surface area contributed by atoms with E-state index in [0.717, 1.165) is 16.7 Å². The zero-order chi connectivity index (χ0) is 23.8. The van der Waals surface area contributed by atoms with E-state index in [1.165, 1.54) is 6.07 Å². The molecule has 0 amide bonds. The third-order valence-corrected chi connectivity index (χ3v) is 6.10. The lowest BCUT2D eigenvalue weighted by molar-refractivity contribution is -0.0308. The van der Waals surface area contributed by atoms with Crippen LogP contribution < -0.4 is 10.2 Å². The molecular formula is C25H27FN4O4. The first-order chi connectivity index (χ1) is 16.5. The monoisotopic (exact) mass is 466 g/mol. The van der Waals surface area contributed by atoms with E-state index in [1.54, 1.807) is 41.9 Å². The van der Waals surface area contributed by atoms with Crippen molar-refractivity contribution in [1.82, 2.24) is 9.58 Å². The Morgan fingerprint density at radius 1 is 1.18 bits per heavy atom. The zero-order valence-corrected chi connectivity index (χ0v) is 18.9. The minimum Gasteiger partial charge on any atom is -0.491 e. The van der Waals surface area contributed by atoms with Crippen LogP contribution in [-0.2, 0) is 11.3 Å². The average Bonchev–Trinajstić information content (AvgIpc) is 3.34. The summed E-state index contributed by atoms with van der Waals surface area (Å²) in [5.74, 6) is 0.409. The normalized spacial score (nSPS) is 23.7. The minimum absolute atomic E-state index is 0.179. The van der Waals surface area contributed by atoms with Gasteiger partial charge in [-0.1, -0.05) is 30.3 Å². The maximum Gasteiger partial charge on any atom is 0.165 e. The van der Waals surface area contributed by atoms with Crippen LogP contribution in [-0.4, -0.2) is 51.0 Å². The van der Waals surface area contributed by atoms with Crippen LogP contribution in [0.1, 0.15) is 25.6 Å². The molecule has 3 aromatic rings. The first-order valence-corrected chi connectivity index (χ1v) is 11.3. The van der Waals surface area contributed by atoms with Gasteiger partial charge in [-0.15, -0.1) is 0 Å². The lowest BCUT2D eigenvalue weighted by Gasteiger charge is -2.26. The molecule has 0 saturated carbocycles. The number of ether oxygens (including phenoxy) is 2. The van der Waals surface area contributed by atoms with Crippen molar-refractivity contribution in [1.29, 1.82) is 0 Å². The molecule has 34 heavy (non-hydrogen) atoms. The van der Waals surface area contributed by atoms with Gasteiger partial charge in [0.1, 0.15) is 24.4 Å². The molecule has 0 spiro atoms. The number of aliphatic hydroxyl groups is 2. The number of aromatic nitrogens is 1. The topological polar surface area (TPSA) is 91.5 Å². The third kappa shape index (κ3) is 4.02. The number of aliphatic hydroxyl groups excluding tert-OH is 2. The maximum absolute atomic E-state index is 14.0. The van der Waals surface area contributed by atoms with Crippen molar-refractivity contribution in [2.45, 2.75) is 44.9 Å². The Morgan fingerprint density at radius 3 is 2.68 bits per heavy atom. The quantitative estimate of drug-likeness (QED) is 0.512. The van der Waals surface area contributed by atoms with Crippen molar-refractivity contribution in [3.8, 4) is 16.9 Å². The van der Waals surface area contributed by atoms with Gasteiger partial charge in [-0.3, -0.25) is 10.4 Å². The lowest BCUT2D eigenvalue weighted by Crippen LogP contribution is -2.31. The first-order valence-electron chi connectivity index (χ1n) is 11.3. The van der Waals surface area contributed by atoms with Gasteiger partial charge in [-0.25, -0.2) is 9.38 Å². The number of rotatable bonds is 6. The molecule has 9 heteroatoms. The van der Waals surface area contributed by atoms with Gasteiger partial charge in [-0.2, -0.15) is 0 Å². The summed E-state index contributed by atoms with van der Waals surface area (Å²) in [7, 11) is 0. The van der Waals surface area contributed by atoms with Crippen molar-refractivity contribution in [3.63, 3.8) is 0 Å². The lowest BCUT2D eigenvalue weighted by atomic mass is 10.0. The van der Waals surface area contributed by atoms with Gasteiger partial charge in [-0.05, 0) is 31.5 Å². The molecule has 5 rings (SSSR count). The van der Waals surface area contributed by atoms with Crippen LogP contribution in [0.2, 0.25) is 0 Å². The van der Waals surface area contributed by atoms with Crippen LogP contribution >= 0.6 is 0 Å². The van der Waals surface area contributed by atoms with Crippen LogP contribution in [0.4, 0.5) is 15.9 Å². The predicted molar refractivity (Wildman–Crippen MR) is 126 cm³/mol. The van der Waals surface area contributed by atoms with Crippen molar-refractivity contribution in [3.05, 3.63) is 66.1 Å². The molecule has 2 aromatic carbocycles. The highest BCUT2D eigenvalue weighted by atomic mass is 19.1. The van der Waals surface area contributed by atoms with E-state index in [4.69, 9.17) is 9.47 Å². The SMILES string of the molecule is CCOc1cc(NN2C=Nc3c(c(-c4ccccc4)cn3[C@@H]3O[C@H](C)[C@@H](O)[C@H]3O)C2)ccc1F. The summed E-state index contributed by atoms with van der Waals surface area (Å²) in [6.07, 6.45) is 0.244. The van der Waals surface area contributed by atoms with Crippen molar-refractivity contribution in [2.75, 3.05) is 12.0 Å². The van der Waals surface area contributed by atoms with Gasteiger partial charge in [0, 0.05) is 23.4 Å². The molecule has 1 fully saturated rings. The number of hydrogen-bond donors (Lipinski definition) is 3. The number of hydrazine groups is 1. The second kappa shape index (κ2) is 9.09. The predicted octanol–water partition coefficient (Wildman–Crippen LogP) is 3.83. The zero-order valence-electron chi connectivity index (χ0n) is 18.9. The number of nitrogens with one attached hydrogen (secondary N) is 1. The second-order valence-corrected chi connectivity index (χ2v) is 8.39. The Kier molecular flexibility index (Phi) is 5.99. The molecule has 0 radical (unpaired) electrons. The highest BCUT2D eigenvalue weighted by Gasteiger charge is 2.42. The summed E-state index contributed by atoms with van der Waals surface area (Å²) in [5, 5.41) is 22.6. The van der Waals surface area contributed by atoms with E-state index in [9.17, 15) is 14.6 Å². The van der Waals surface area contributed by atoms with Crippen LogP contribution in [0.5, 0.6) is 5.75 Å². The average molecular weight is 467 g/mol. The minimum atomic E-state index is -1.07. The molecule has 0 unspecified atom stereocenters. The largest absolute Gasteiger partial charge is 0.491 e. The number of hydrogen-bond acceptors (Lipinski definition) is 7. The van der Waals surface area contributed by atoms with Crippen molar-refractivity contribution in [2.24, 2.45) is 4.99 Å². The van der Waals surface area contributed by atoms with E-state index in [-0.39, 0.29) is 5.75 Å². The van der Waals surface area contributed by atoms with Crippen LogP contribution in [0.3, 0.4) is 0 Å². The fourth-order valence-electron chi connectivity index (χ4n) is 4.38. The molecule has 0 bridgehead atoms. The second-order valence-electron chi connectivity index (χ2n) is 8.39.